The molecule has 6 nitrogen and oxygen atoms in total. The summed E-state index contributed by atoms with van der Waals surface area (Å²) in [7, 11) is 0. The molecule has 0 unspecified atom stereocenters. The van der Waals surface area contributed by atoms with Gasteiger partial charge in [0.2, 0.25) is 0 Å². The highest BCUT2D eigenvalue weighted by atomic mass is 32.2. The van der Waals surface area contributed by atoms with Crippen LogP contribution in [0.5, 0.6) is 0 Å². The quantitative estimate of drug-likeness (QED) is 0.440. The van der Waals surface area contributed by atoms with Crippen LogP contribution in [-0.2, 0) is 15.3 Å². The SMILES string of the molecule is Cc1csc(SCc2ccccc2C(=O)OCC(=O)Nc2sccc2C#N)n1. The molecule has 3 aromatic rings. The minimum absolute atomic E-state index is 0.379. The third-order valence-electron chi connectivity index (χ3n) is 3.56. The number of thiophene rings is 1. The monoisotopic (exact) mass is 429 g/mol. The Morgan fingerprint density at radius 2 is 2.11 bits per heavy atom. The van der Waals surface area contributed by atoms with Crippen molar-refractivity contribution in [1.82, 2.24) is 4.98 Å². The minimum Gasteiger partial charge on any atom is -0.452 e. The predicted molar refractivity (Wildman–Crippen MR) is 111 cm³/mol. The summed E-state index contributed by atoms with van der Waals surface area (Å²) in [4.78, 5) is 28.8. The van der Waals surface area contributed by atoms with Gasteiger partial charge in [0.1, 0.15) is 15.4 Å². The van der Waals surface area contributed by atoms with Crippen LogP contribution in [0.1, 0.15) is 27.2 Å². The number of nitriles is 1. The number of thiazole rings is 1. The van der Waals surface area contributed by atoms with Crippen molar-refractivity contribution in [3.8, 4) is 6.07 Å². The number of anilines is 1. The van der Waals surface area contributed by atoms with Crippen molar-refractivity contribution in [2.24, 2.45) is 0 Å². The molecule has 1 N–H and O–H groups in total. The normalized spacial score (nSPS) is 10.3. The molecule has 142 valence electrons. The molecule has 9 heteroatoms. The van der Waals surface area contributed by atoms with Crippen molar-refractivity contribution in [3.05, 3.63) is 63.5 Å². The van der Waals surface area contributed by atoms with Crippen molar-refractivity contribution >= 4 is 51.3 Å². The molecule has 0 fully saturated rings. The van der Waals surface area contributed by atoms with Gasteiger partial charge in [-0.1, -0.05) is 30.0 Å². The van der Waals surface area contributed by atoms with Crippen LogP contribution < -0.4 is 5.32 Å². The number of benzene rings is 1. The fourth-order valence-electron chi connectivity index (χ4n) is 2.25. The fourth-order valence-corrected chi connectivity index (χ4v) is 4.86. The first kappa shape index (κ1) is 20.1. The van der Waals surface area contributed by atoms with Gasteiger partial charge in [0.15, 0.2) is 6.61 Å². The van der Waals surface area contributed by atoms with E-state index in [1.165, 1.54) is 11.3 Å². The third kappa shape index (κ3) is 5.19. The molecule has 28 heavy (non-hydrogen) atoms. The van der Waals surface area contributed by atoms with Gasteiger partial charge in [-0.3, -0.25) is 4.79 Å². The lowest BCUT2D eigenvalue weighted by molar-refractivity contribution is -0.119. The van der Waals surface area contributed by atoms with Gasteiger partial charge >= 0.3 is 5.97 Å². The second kappa shape index (κ2) is 9.50. The number of aryl methyl sites for hydroxylation is 1. The largest absolute Gasteiger partial charge is 0.452 e. The average Bonchev–Trinajstić information content (AvgIpc) is 3.33. The van der Waals surface area contributed by atoms with Gasteiger partial charge in [-0.05, 0) is 30.0 Å². The number of esters is 1. The van der Waals surface area contributed by atoms with Crippen LogP contribution in [0.15, 0.2) is 45.4 Å². The lowest BCUT2D eigenvalue weighted by atomic mass is 10.1. The van der Waals surface area contributed by atoms with E-state index in [2.05, 4.69) is 10.3 Å². The second-order valence-corrected chi connectivity index (χ2v) is 8.60. The fraction of sp³-hybridized carbons (Fsp3) is 0.158. The zero-order valence-electron chi connectivity index (χ0n) is 14.8. The van der Waals surface area contributed by atoms with Gasteiger partial charge < -0.3 is 10.1 Å². The maximum atomic E-state index is 12.4. The van der Waals surface area contributed by atoms with Gasteiger partial charge in [-0.25, -0.2) is 9.78 Å². The molecule has 0 atom stereocenters. The Morgan fingerprint density at radius 3 is 2.86 bits per heavy atom. The Hall–Kier alpha value is -2.67. The summed E-state index contributed by atoms with van der Waals surface area (Å²) in [6.45, 7) is 1.52. The zero-order chi connectivity index (χ0) is 19.9. The number of thioether (sulfide) groups is 1. The van der Waals surface area contributed by atoms with Crippen LogP contribution >= 0.6 is 34.4 Å². The van der Waals surface area contributed by atoms with Crippen LogP contribution in [0.3, 0.4) is 0 Å². The van der Waals surface area contributed by atoms with Crippen LogP contribution in [0.25, 0.3) is 0 Å². The number of carbonyl (C=O) groups excluding carboxylic acids is 2. The van der Waals surface area contributed by atoms with Gasteiger partial charge in [0.05, 0.1) is 11.1 Å². The molecule has 0 saturated carbocycles. The highest BCUT2D eigenvalue weighted by Crippen LogP contribution is 2.27. The number of nitrogens with zero attached hydrogens (tertiary/aromatic N) is 2. The van der Waals surface area contributed by atoms with E-state index in [4.69, 9.17) is 10.00 Å². The lowest BCUT2D eigenvalue weighted by Gasteiger charge is -2.09. The third-order valence-corrected chi connectivity index (χ3v) is 6.58. The summed E-state index contributed by atoms with van der Waals surface area (Å²) in [6, 6.07) is 10.7. The predicted octanol–water partition coefficient (Wildman–Crippen LogP) is 4.47. The van der Waals surface area contributed by atoms with Crippen LogP contribution in [0, 0.1) is 18.3 Å². The first-order chi connectivity index (χ1) is 13.6. The molecule has 0 saturated heterocycles. The Labute approximate surface area is 174 Å². The molecule has 0 aliphatic carbocycles. The minimum atomic E-state index is -0.562. The second-order valence-electron chi connectivity index (χ2n) is 5.60. The van der Waals surface area contributed by atoms with E-state index in [9.17, 15) is 9.59 Å². The molecule has 0 aliphatic heterocycles. The molecule has 2 heterocycles. The topological polar surface area (TPSA) is 92.1 Å². The molecule has 1 aromatic carbocycles. The van der Waals surface area contributed by atoms with E-state index >= 15 is 0 Å². The molecule has 1 amide bonds. The highest BCUT2D eigenvalue weighted by molar-refractivity contribution is 8.00. The van der Waals surface area contributed by atoms with E-state index in [0.29, 0.717) is 21.9 Å². The Morgan fingerprint density at radius 1 is 1.29 bits per heavy atom. The van der Waals surface area contributed by atoms with Gasteiger partial charge in [0, 0.05) is 16.8 Å². The molecular formula is C19H15N3O3S3. The van der Waals surface area contributed by atoms with Crippen molar-refractivity contribution in [2.45, 2.75) is 17.0 Å². The van der Waals surface area contributed by atoms with E-state index in [1.54, 1.807) is 46.7 Å². The molecule has 0 radical (unpaired) electrons. The first-order valence-electron chi connectivity index (χ1n) is 8.14. The summed E-state index contributed by atoms with van der Waals surface area (Å²) in [5.74, 6) is -0.476. The average molecular weight is 430 g/mol. The summed E-state index contributed by atoms with van der Waals surface area (Å²) < 4.78 is 6.09. The smallest absolute Gasteiger partial charge is 0.338 e. The standard InChI is InChI=1S/C19H15N3O3S3/c1-12-10-27-19(21-12)28-11-14-4-2-3-5-15(14)18(24)25-9-16(23)22-17-13(8-20)6-7-26-17/h2-7,10H,9,11H2,1H3,(H,22,23). The molecule has 2 aromatic heterocycles. The maximum absolute atomic E-state index is 12.4. The van der Waals surface area contributed by atoms with Gasteiger partial charge in [-0.2, -0.15) is 5.26 Å². The molecule has 0 aliphatic rings. The van der Waals surface area contributed by atoms with Gasteiger partial charge in [-0.15, -0.1) is 22.7 Å². The van der Waals surface area contributed by atoms with Crippen LogP contribution in [0.4, 0.5) is 5.00 Å². The van der Waals surface area contributed by atoms with Crippen molar-refractivity contribution < 1.29 is 14.3 Å². The number of hydrogen-bond acceptors (Lipinski definition) is 8. The van der Waals surface area contributed by atoms with Crippen molar-refractivity contribution in [2.75, 3.05) is 11.9 Å². The van der Waals surface area contributed by atoms with Gasteiger partial charge in [0.25, 0.3) is 5.91 Å². The number of ether oxygens (including phenoxy) is 1. The summed E-state index contributed by atoms with van der Waals surface area (Å²) in [5, 5.41) is 15.7. The first-order valence-corrected chi connectivity index (χ1v) is 10.9. The summed E-state index contributed by atoms with van der Waals surface area (Å²) >= 11 is 4.35. The Bertz CT molecular complexity index is 1040. The number of hydrogen-bond donors (Lipinski definition) is 1. The van der Waals surface area contributed by atoms with Crippen LogP contribution in [0.2, 0.25) is 0 Å². The number of amides is 1. The van der Waals surface area contributed by atoms with E-state index in [-0.39, 0.29) is 0 Å². The van der Waals surface area contributed by atoms with Crippen LogP contribution in [-0.4, -0.2) is 23.5 Å². The summed E-state index contributed by atoms with van der Waals surface area (Å²) in [6.07, 6.45) is 0. The van der Waals surface area contributed by atoms with E-state index in [0.717, 1.165) is 15.6 Å². The number of carbonyl (C=O) groups is 2. The van der Waals surface area contributed by atoms with Crippen molar-refractivity contribution in [1.29, 1.82) is 5.26 Å². The molecular weight excluding hydrogens is 414 g/mol. The molecule has 3 rings (SSSR count). The lowest BCUT2D eigenvalue weighted by Crippen LogP contribution is -2.21. The molecule has 0 spiro atoms. The van der Waals surface area contributed by atoms with E-state index in [1.807, 2.05) is 30.5 Å². The summed E-state index contributed by atoms with van der Waals surface area (Å²) in [5.41, 5.74) is 2.58. The maximum Gasteiger partial charge on any atom is 0.338 e. The Balaban J connectivity index is 1.58. The molecule has 0 bridgehead atoms. The number of nitrogens with one attached hydrogen (secondary N) is 1. The van der Waals surface area contributed by atoms with E-state index < -0.39 is 18.5 Å². The number of aromatic nitrogens is 1. The Kier molecular flexibility index (Phi) is 6.81. The van der Waals surface area contributed by atoms with Crippen molar-refractivity contribution in [3.63, 3.8) is 0 Å². The number of rotatable bonds is 7. The highest BCUT2D eigenvalue weighted by Gasteiger charge is 2.16. The zero-order valence-corrected chi connectivity index (χ0v) is 17.2.